The smallest absolute Gasteiger partial charge is 0.303 e. The Kier molecular flexibility index (Phi) is 8.40. The average Bonchev–Trinajstić information content (AvgIpc) is 2.30. The molecule has 0 aromatic carbocycles. The van der Waals surface area contributed by atoms with E-state index in [0.717, 1.165) is 19.5 Å². The largest absolute Gasteiger partial charge is 0.481 e. The van der Waals surface area contributed by atoms with Gasteiger partial charge < -0.3 is 10.4 Å². The van der Waals surface area contributed by atoms with E-state index < -0.39 is 5.97 Å². The van der Waals surface area contributed by atoms with Crippen molar-refractivity contribution < 1.29 is 14.7 Å². The second kappa shape index (κ2) is 8.98. The molecule has 100 valence electrons. The third-order valence-corrected chi connectivity index (χ3v) is 2.81. The number of hydrogen-bond acceptors (Lipinski definition) is 3. The minimum absolute atomic E-state index is 0.00147. The number of nitrogens with one attached hydrogen (secondary N) is 1. The highest BCUT2D eigenvalue weighted by Gasteiger charge is 2.21. The fraction of sp³-hybridized carbons (Fsp3) is 0.833. The third kappa shape index (κ3) is 6.26. The molecule has 0 bridgehead atoms. The van der Waals surface area contributed by atoms with Crippen LogP contribution in [-0.2, 0) is 9.59 Å². The summed E-state index contributed by atoms with van der Waals surface area (Å²) < 4.78 is 0. The summed E-state index contributed by atoms with van der Waals surface area (Å²) in [5.74, 6) is -0.823. The van der Waals surface area contributed by atoms with Crippen LogP contribution in [0.2, 0.25) is 0 Å². The van der Waals surface area contributed by atoms with E-state index in [1.165, 1.54) is 0 Å². The van der Waals surface area contributed by atoms with Crippen molar-refractivity contribution in [2.45, 2.75) is 46.1 Å². The molecule has 1 unspecified atom stereocenters. The molecule has 0 rings (SSSR count). The number of amides is 1. The van der Waals surface area contributed by atoms with Gasteiger partial charge in [-0.15, -0.1) is 0 Å². The zero-order chi connectivity index (χ0) is 13.3. The van der Waals surface area contributed by atoms with Gasteiger partial charge in [0.25, 0.3) is 0 Å². The van der Waals surface area contributed by atoms with E-state index >= 15 is 0 Å². The first-order valence-corrected chi connectivity index (χ1v) is 6.30. The van der Waals surface area contributed by atoms with Crippen molar-refractivity contribution in [2.24, 2.45) is 0 Å². The molecule has 0 aliphatic heterocycles. The first kappa shape index (κ1) is 15.9. The Labute approximate surface area is 103 Å². The summed E-state index contributed by atoms with van der Waals surface area (Å²) in [5, 5.41) is 11.3. The average molecular weight is 244 g/mol. The molecule has 0 aromatic rings. The maximum absolute atomic E-state index is 11.9. The summed E-state index contributed by atoms with van der Waals surface area (Å²) in [5.41, 5.74) is 0. The van der Waals surface area contributed by atoms with Crippen molar-refractivity contribution in [1.82, 2.24) is 10.2 Å². The van der Waals surface area contributed by atoms with Gasteiger partial charge in [-0.2, -0.15) is 0 Å². The molecule has 0 aliphatic rings. The Morgan fingerprint density at radius 1 is 1.24 bits per heavy atom. The molecule has 0 radical (unpaired) electrons. The minimum Gasteiger partial charge on any atom is -0.481 e. The zero-order valence-corrected chi connectivity index (χ0v) is 11.0. The third-order valence-electron chi connectivity index (χ3n) is 2.81. The fourth-order valence-corrected chi connectivity index (χ4v) is 1.84. The Morgan fingerprint density at radius 2 is 1.82 bits per heavy atom. The van der Waals surface area contributed by atoms with Gasteiger partial charge in [-0.1, -0.05) is 20.8 Å². The lowest BCUT2D eigenvalue weighted by molar-refractivity contribution is -0.137. The highest BCUT2D eigenvalue weighted by Crippen LogP contribution is 2.04. The molecule has 5 nitrogen and oxygen atoms in total. The van der Waals surface area contributed by atoms with Gasteiger partial charge >= 0.3 is 5.97 Å². The molecule has 0 spiro atoms. The summed E-state index contributed by atoms with van der Waals surface area (Å²) in [7, 11) is 0. The van der Waals surface area contributed by atoms with E-state index in [4.69, 9.17) is 5.11 Å². The van der Waals surface area contributed by atoms with Gasteiger partial charge in [0.15, 0.2) is 0 Å². The van der Waals surface area contributed by atoms with Crippen molar-refractivity contribution in [3.63, 3.8) is 0 Å². The van der Waals surface area contributed by atoms with Crippen LogP contribution in [0.3, 0.4) is 0 Å². The first-order valence-electron chi connectivity index (χ1n) is 6.30. The lowest BCUT2D eigenvalue weighted by Crippen LogP contribution is -2.46. The molecular weight excluding hydrogens is 220 g/mol. The molecule has 1 atom stereocenters. The van der Waals surface area contributed by atoms with E-state index in [1.807, 2.05) is 20.8 Å². The lowest BCUT2D eigenvalue weighted by Gasteiger charge is -2.27. The van der Waals surface area contributed by atoms with Crippen LogP contribution in [0.1, 0.15) is 40.0 Å². The summed E-state index contributed by atoms with van der Waals surface area (Å²) >= 11 is 0. The van der Waals surface area contributed by atoms with Crippen LogP contribution in [0.5, 0.6) is 0 Å². The standard InChI is InChI=1S/C12H24N2O3/c1-4-10(14(5-2)6-3)12(17)13-9-7-8-11(15)16/h10H,4-9H2,1-3H3,(H,13,17)(H,15,16). The van der Waals surface area contributed by atoms with Gasteiger partial charge in [0, 0.05) is 13.0 Å². The molecule has 0 saturated carbocycles. The van der Waals surface area contributed by atoms with E-state index in [0.29, 0.717) is 13.0 Å². The number of hydrogen-bond donors (Lipinski definition) is 2. The summed E-state index contributed by atoms with van der Waals surface area (Å²) in [4.78, 5) is 24.3. The monoisotopic (exact) mass is 244 g/mol. The zero-order valence-electron chi connectivity index (χ0n) is 11.0. The van der Waals surface area contributed by atoms with Crippen LogP contribution in [0, 0.1) is 0 Å². The Balaban J connectivity index is 4.03. The number of carboxylic acids is 1. The van der Waals surface area contributed by atoms with Gasteiger partial charge in [0.2, 0.25) is 5.91 Å². The number of rotatable bonds is 9. The number of aliphatic carboxylic acids is 1. The Bertz CT molecular complexity index is 240. The Morgan fingerprint density at radius 3 is 2.24 bits per heavy atom. The van der Waals surface area contributed by atoms with Crippen LogP contribution >= 0.6 is 0 Å². The van der Waals surface area contributed by atoms with E-state index in [2.05, 4.69) is 10.2 Å². The van der Waals surface area contributed by atoms with Gasteiger partial charge in [-0.05, 0) is 25.9 Å². The number of carbonyl (C=O) groups is 2. The van der Waals surface area contributed by atoms with Gasteiger partial charge in [-0.25, -0.2) is 0 Å². The van der Waals surface area contributed by atoms with Crippen molar-refractivity contribution >= 4 is 11.9 Å². The highest BCUT2D eigenvalue weighted by atomic mass is 16.4. The molecule has 0 aromatic heterocycles. The number of nitrogens with zero attached hydrogens (tertiary/aromatic N) is 1. The molecule has 0 heterocycles. The minimum atomic E-state index is -0.824. The normalized spacial score (nSPS) is 12.5. The first-order chi connectivity index (χ1) is 8.06. The van der Waals surface area contributed by atoms with E-state index in [9.17, 15) is 9.59 Å². The van der Waals surface area contributed by atoms with Crippen molar-refractivity contribution in [3.05, 3.63) is 0 Å². The van der Waals surface area contributed by atoms with Crippen LogP contribution in [0.25, 0.3) is 0 Å². The number of likely N-dealkylation sites (N-methyl/N-ethyl adjacent to an activating group) is 1. The second-order valence-corrected chi connectivity index (χ2v) is 3.93. The van der Waals surface area contributed by atoms with Crippen molar-refractivity contribution in [1.29, 1.82) is 0 Å². The molecule has 1 amide bonds. The summed E-state index contributed by atoms with van der Waals surface area (Å²) in [6.07, 6.45) is 1.35. The van der Waals surface area contributed by atoms with Crippen LogP contribution in [0.15, 0.2) is 0 Å². The van der Waals surface area contributed by atoms with Gasteiger partial charge in [0.05, 0.1) is 6.04 Å². The van der Waals surface area contributed by atoms with Crippen molar-refractivity contribution in [3.8, 4) is 0 Å². The van der Waals surface area contributed by atoms with Crippen molar-refractivity contribution in [2.75, 3.05) is 19.6 Å². The van der Waals surface area contributed by atoms with Gasteiger partial charge in [-0.3, -0.25) is 14.5 Å². The van der Waals surface area contributed by atoms with E-state index in [1.54, 1.807) is 0 Å². The maximum atomic E-state index is 11.9. The lowest BCUT2D eigenvalue weighted by atomic mass is 10.1. The quantitative estimate of drug-likeness (QED) is 0.596. The number of carbonyl (C=O) groups excluding carboxylic acids is 1. The SMILES string of the molecule is CCC(C(=O)NCCCC(=O)O)N(CC)CC. The second-order valence-electron chi connectivity index (χ2n) is 3.93. The predicted molar refractivity (Wildman–Crippen MR) is 66.9 cm³/mol. The molecule has 2 N–H and O–H groups in total. The highest BCUT2D eigenvalue weighted by molar-refractivity contribution is 5.81. The molecule has 5 heteroatoms. The molecule has 17 heavy (non-hydrogen) atoms. The van der Waals surface area contributed by atoms with Crippen LogP contribution < -0.4 is 5.32 Å². The number of carboxylic acid groups (broad SMARTS) is 1. The van der Waals surface area contributed by atoms with Gasteiger partial charge in [0.1, 0.15) is 0 Å². The fourth-order valence-electron chi connectivity index (χ4n) is 1.84. The Hall–Kier alpha value is -1.10. The predicted octanol–water partition coefficient (Wildman–Crippen LogP) is 1.09. The van der Waals surface area contributed by atoms with Crippen LogP contribution in [-0.4, -0.2) is 47.6 Å². The van der Waals surface area contributed by atoms with Crippen LogP contribution in [0.4, 0.5) is 0 Å². The molecular formula is C12H24N2O3. The molecule has 0 saturated heterocycles. The summed E-state index contributed by atoms with van der Waals surface area (Å²) in [6, 6.07) is -0.102. The topological polar surface area (TPSA) is 69.6 Å². The maximum Gasteiger partial charge on any atom is 0.303 e. The molecule has 0 aliphatic carbocycles. The summed E-state index contributed by atoms with van der Waals surface area (Å²) in [6.45, 7) is 8.17. The molecule has 0 fully saturated rings. The van der Waals surface area contributed by atoms with E-state index in [-0.39, 0.29) is 18.4 Å².